The number of furan rings is 1. The Balaban J connectivity index is 1.62. The highest BCUT2D eigenvalue weighted by molar-refractivity contribution is 7.89. The summed E-state index contributed by atoms with van der Waals surface area (Å²) < 4.78 is 32.1. The summed E-state index contributed by atoms with van der Waals surface area (Å²) in [5.74, 6) is -0.309. The lowest BCUT2D eigenvalue weighted by atomic mass is 10.2. The van der Waals surface area contributed by atoms with Gasteiger partial charge >= 0.3 is 0 Å². The van der Waals surface area contributed by atoms with Crippen LogP contribution in [0, 0.1) is 0 Å². The van der Waals surface area contributed by atoms with Gasteiger partial charge in [0.05, 0.1) is 11.2 Å². The lowest BCUT2D eigenvalue weighted by molar-refractivity contribution is 0.0950. The van der Waals surface area contributed by atoms with Gasteiger partial charge in [0.25, 0.3) is 5.91 Å². The number of rotatable bonds is 4. The predicted octanol–water partition coefficient (Wildman–Crippen LogP) is 2.97. The van der Waals surface area contributed by atoms with Crippen LogP contribution in [0.3, 0.4) is 0 Å². The average molecular weight is 408 g/mol. The largest absolute Gasteiger partial charge is 0.459 e. The Hall–Kier alpha value is -2.23. The molecule has 0 saturated carbocycles. The molecular weight excluding hydrogens is 386 g/mol. The van der Waals surface area contributed by atoms with Crippen molar-refractivity contribution in [1.29, 1.82) is 0 Å². The van der Waals surface area contributed by atoms with Gasteiger partial charge in [-0.1, -0.05) is 12.8 Å². The number of benzene rings is 1. The Kier molecular flexibility index (Phi) is 6.25. The third-order valence-corrected chi connectivity index (χ3v) is 6.40. The Labute approximate surface area is 163 Å². The molecule has 1 aliphatic rings. The second-order valence-electron chi connectivity index (χ2n) is 6.23. The molecule has 2 aromatic rings. The lowest BCUT2D eigenvalue weighted by Gasteiger charge is -2.20. The first-order valence-corrected chi connectivity index (χ1v) is 10.6. The third kappa shape index (κ3) is 4.94. The van der Waals surface area contributed by atoms with Gasteiger partial charge in [0.2, 0.25) is 10.0 Å². The second-order valence-corrected chi connectivity index (χ2v) is 8.57. The highest BCUT2D eigenvalue weighted by atomic mass is 32.2. The zero-order valence-corrected chi connectivity index (χ0v) is 16.3. The van der Waals surface area contributed by atoms with Gasteiger partial charge in [-0.05, 0) is 61.5 Å². The van der Waals surface area contributed by atoms with Crippen LogP contribution in [-0.2, 0) is 10.0 Å². The summed E-state index contributed by atoms with van der Waals surface area (Å²) in [6.45, 7) is 1.12. The maximum atomic E-state index is 12.8. The number of carbonyl (C=O) groups is 1. The van der Waals surface area contributed by atoms with E-state index in [9.17, 15) is 13.2 Å². The van der Waals surface area contributed by atoms with Crippen LogP contribution in [-0.4, -0.2) is 36.8 Å². The van der Waals surface area contributed by atoms with E-state index in [1.165, 1.54) is 12.3 Å². The van der Waals surface area contributed by atoms with Crippen LogP contribution in [0.2, 0.25) is 0 Å². The minimum atomic E-state index is -3.49. The van der Waals surface area contributed by atoms with Crippen LogP contribution in [0.4, 0.5) is 5.69 Å². The molecule has 1 aliphatic heterocycles. The number of thiocarbonyl (C=S) groups is 1. The topological polar surface area (TPSA) is 91.7 Å². The van der Waals surface area contributed by atoms with E-state index in [4.69, 9.17) is 16.6 Å². The molecule has 144 valence electrons. The van der Waals surface area contributed by atoms with Crippen molar-refractivity contribution in [1.82, 2.24) is 9.62 Å². The zero-order valence-electron chi connectivity index (χ0n) is 14.7. The van der Waals surface area contributed by atoms with Gasteiger partial charge < -0.3 is 9.73 Å². The Morgan fingerprint density at radius 2 is 1.70 bits per heavy atom. The number of hydrogen-bond acceptors (Lipinski definition) is 5. The summed E-state index contributed by atoms with van der Waals surface area (Å²) in [4.78, 5) is 12.1. The van der Waals surface area contributed by atoms with Crippen molar-refractivity contribution in [2.45, 2.75) is 30.6 Å². The van der Waals surface area contributed by atoms with Crippen molar-refractivity contribution in [3.8, 4) is 0 Å². The second kappa shape index (κ2) is 8.64. The molecule has 9 heteroatoms. The molecule has 1 aromatic carbocycles. The molecule has 0 spiro atoms. The number of nitrogens with one attached hydrogen (secondary N) is 2. The predicted molar refractivity (Wildman–Crippen MR) is 106 cm³/mol. The Morgan fingerprint density at radius 3 is 2.30 bits per heavy atom. The van der Waals surface area contributed by atoms with Gasteiger partial charge in [0.15, 0.2) is 10.9 Å². The zero-order chi connectivity index (χ0) is 19.3. The van der Waals surface area contributed by atoms with Crippen molar-refractivity contribution >= 4 is 38.9 Å². The number of carbonyl (C=O) groups excluding carboxylic acids is 1. The fourth-order valence-corrected chi connectivity index (χ4v) is 4.60. The molecule has 3 rings (SSSR count). The van der Waals surface area contributed by atoms with Crippen LogP contribution in [0.1, 0.15) is 36.2 Å². The van der Waals surface area contributed by atoms with Crippen LogP contribution in [0.25, 0.3) is 0 Å². The number of hydrogen-bond donors (Lipinski definition) is 2. The van der Waals surface area contributed by atoms with Gasteiger partial charge in [-0.15, -0.1) is 0 Å². The number of nitrogens with zero attached hydrogens (tertiary/aromatic N) is 1. The van der Waals surface area contributed by atoms with Crippen LogP contribution in [0.15, 0.2) is 52.0 Å². The molecule has 0 unspecified atom stereocenters. The maximum absolute atomic E-state index is 12.8. The molecule has 0 bridgehead atoms. The van der Waals surface area contributed by atoms with Gasteiger partial charge in [-0.2, -0.15) is 4.31 Å². The summed E-state index contributed by atoms with van der Waals surface area (Å²) in [6.07, 6.45) is 5.31. The summed E-state index contributed by atoms with van der Waals surface area (Å²) >= 11 is 5.10. The summed E-state index contributed by atoms with van der Waals surface area (Å²) in [5.41, 5.74) is 0.578. The lowest BCUT2D eigenvalue weighted by Crippen LogP contribution is -2.34. The van der Waals surface area contributed by atoms with E-state index in [-0.39, 0.29) is 15.8 Å². The van der Waals surface area contributed by atoms with E-state index < -0.39 is 15.9 Å². The van der Waals surface area contributed by atoms with E-state index in [0.29, 0.717) is 18.8 Å². The normalized spacial score (nSPS) is 15.7. The van der Waals surface area contributed by atoms with Gasteiger partial charge in [0, 0.05) is 18.8 Å². The molecule has 1 amide bonds. The average Bonchev–Trinajstić information content (AvgIpc) is 3.04. The molecule has 27 heavy (non-hydrogen) atoms. The van der Waals surface area contributed by atoms with E-state index in [2.05, 4.69) is 10.6 Å². The number of anilines is 1. The van der Waals surface area contributed by atoms with Gasteiger partial charge in [-0.3, -0.25) is 10.1 Å². The molecule has 1 saturated heterocycles. The number of amides is 1. The third-order valence-electron chi connectivity index (χ3n) is 4.29. The van der Waals surface area contributed by atoms with Crippen LogP contribution in [0.5, 0.6) is 0 Å². The minimum Gasteiger partial charge on any atom is -0.459 e. The standard InChI is InChI=1S/C18H21N3O4S2/c22-17(16-6-5-13-25-16)20-18(26)19-14-7-9-15(10-8-14)27(23,24)21-11-3-1-2-4-12-21/h5-10,13H,1-4,11-12H2,(H2,19,20,22,26). The highest BCUT2D eigenvalue weighted by Crippen LogP contribution is 2.21. The molecule has 1 fully saturated rings. The first-order chi connectivity index (χ1) is 13.0. The molecule has 0 radical (unpaired) electrons. The van der Waals surface area contributed by atoms with Crippen molar-refractivity contribution in [2.24, 2.45) is 0 Å². The Bertz CT molecular complexity index is 885. The van der Waals surface area contributed by atoms with Gasteiger partial charge in [-0.25, -0.2) is 8.42 Å². The first-order valence-electron chi connectivity index (χ1n) is 8.73. The maximum Gasteiger partial charge on any atom is 0.293 e. The molecule has 1 aromatic heterocycles. The Morgan fingerprint density at radius 1 is 1.04 bits per heavy atom. The fraction of sp³-hybridized carbons (Fsp3) is 0.333. The van der Waals surface area contributed by atoms with Crippen molar-refractivity contribution in [3.05, 3.63) is 48.4 Å². The summed E-state index contributed by atoms with van der Waals surface area (Å²) in [5, 5.41) is 5.44. The first kappa shape index (κ1) is 19.5. The van der Waals surface area contributed by atoms with Crippen molar-refractivity contribution < 1.29 is 17.6 Å². The molecule has 0 aliphatic carbocycles. The molecule has 2 heterocycles. The highest BCUT2D eigenvalue weighted by Gasteiger charge is 2.24. The molecule has 2 N–H and O–H groups in total. The molecule has 7 nitrogen and oxygen atoms in total. The van der Waals surface area contributed by atoms with Gasteiger partial charge in [0.1, 0.15) is 0 Å². The molecular formula is C18H21N3O4S2. The number of sulfonamides is 1. The van der Waals surface area contributed by atoms with Crippen LogP contribution < -0.4 is 10.6 Å². The quantitative estimate of drug-likeness (QED) is 0.757. The monoisotopic (exact) mass is 407 g/mol. The van der Waals surface area contributed by atoms with Crippen molar-refractivity contribution in [2.75, 3.05) is 18.4 Å². The van der Waals surface area contributed by atoms with E-state index in [0.717, 1.165) is 25.7 Å². The molecule has 0 atom stereocenters. The fourth-order valence-electron chi connectivity index (χ4n) is 2.88. The minimum absolute atomic E-state index is 0.0968. The van der Waals surface area contributed by atoms with Crippen LogP contribution >= 0.6 is 12.2 Å². The van der Waals surface area contributed by atoms with E-state index >= 15 is 0 Å². The summed E-state index contributed by atoms with van der Waals surface area (Å²) in [6, 6.07) is 9.46. The van der Waals surface area contributed by atoms with E-state index in [1.807, 2.05) is 0 Å². The van der Waals surface area contributed by atoms with E-state index in [1.54, 1.807) is 34.6 Å². The summed E-state index contributed by atoms with van der Waals surface area (Å²) in [7, 11) is -3.49. The van der Waals surface area contributed by atoms with Crippen molar-refractivity contribution in [3.63, 3.8) is 0 Å². The smallest absolute Gasteiger partial charge is 0.293 e. The SMILES string of the molecule is O=C(NC(=S)Nc1ccc(S(=O)(=O)N2CCCCCC2)cc1)c1ccco1.